The summed E-state index contributed by atoms with van der Waals surface area (Å²) in [5, 5.41) is 18.7. The zero-order chi connectivity index (χ0) is 31.8. The van der Waals surface area contributed by atoms with Crippen LogP contribution in [0, 0.1) is 11.2 Å². The second-order valence-corrected chi connectivity index (χ2v) is 13.1. The first kappa shape index (κ1) is 32.0. The second-order valence-electron chi connectivity index (χ2n) is 12.3. The van der Waals surface area contributed by atoms with Crippen molar-refractivity contribution in [3.8, 4) is 11.5 Å². The number of aliphatic hydroxyl groups excluding tert-OH is 1. The summed E-state index contributed by atoms with van der Waals surface area (Å²) >= 11 is 12.5. The highest BCUT2D eigenvalue weighted by molar-refractivity contribution is 6.31. The van der Waals surface area contributed by atoms with E-state index in [2.05, 4.69) is 41.7 Å². The van der Waals surface area contributed by atoms with Gasteiger partial charge in [0.2, 0.25) is 11.8 Å². The predicted molar refractivity (Wildman–Crippen MR) is 167 cm³/mol. The number of pyridine rings is 1. The SMILES string of the molecule is COc1cc(OCCO)ccc1NC(=O)CC1NC(CC(C)(C)C)C2(C(=O)Nc3cc(Cl)cnc32)C1c1cccc(Cl)c1F. The third-order valence-corrected chi connectivity index (χ3v) is 8.57. The summed E-state index contributed by atoms with van der Waals surface area (Å²) in [7, 11) is 1.47. The van der Waals surface area contributed by atoms with Crippen LogP contribution in [0.4, 0.5) is 15.8 Å². The highest BCUT2D eigenvalue weighted by atomic mass is 35.5. The van der Waals surface area contributed by atoms with Crippen LogP contribution < -0.4 is 25.4 Å². The maximum absolute atomic E-state index is 15.9. The molecule has 0 aliphatic carbocycles. The number of benzene rings is 2. The minimum Gasteiger partial charge on any atom is -0.494 e. The van der Waals surface area contributed by atoms with Crippen LogP contribution in [-0.4, -0.2) is 54.3 Å². The summed E-state index contributed by atoms with van der Waals surface area (Å²) in [5.74, 6) is -1.42. The predicted octanol–water partition coefficient (Wildman–Crippen LogP) is 5.69. The second kappa shape index (κ2) is 12.5. The van der Waals surface area contributed by atoms with Gasteiger partial charge in [0.25, 0.3) is 0 Å². The Bertz CT molecular complexity index is 1580. The van der Waals surface area contributed by atoms with Gasteiger partial charge in [-0.05, 0) is 41.7 Å². The van der Waals surface area contributed by atoms with Crippen molar-refractivity contribution in [2.24, 2.45) is 5.41 Å². The van der Waals surface area contributed by atoms with E-state index in [9.17, 15) is 9.59 Å². The van der Waals surface area contributed by atoms with Crippen LogP contribution in [0.25, 0.3) is 0 Å². The highest BCUT2D eigenvalue weighted by Crippen LogP contribution is 2.57. The molecular weight excluding hydrogens is 610 g/mol. The van der Waals surface area contributed by atoms with E-state index in [4.69, 9.17) is 37.8 Å². The van der Waals surface area contributed by atoms with E-state index >= 15 is 4.39 Å². The summed E-state index contributed by atoms with van der Waals surface area (Å²) in [6.45, 7) is 6.13. The molecule has 1 saturated heterocycles. The summed E-state index contributed by atoms with van der Waals surface area (Å²) in [4.78, 5) is 32.5. The zero-order valence-corrected chi connectivity index (χ0v) is 26.4. The molecule has 1 spiro atoms. The molecule has 0 radical (unpaired) electrons. The summed E-state index contributed by atoms with van der Waals surface area (Å²) in [5.41, 5.74) is -0.106. The molecule has 234 valence electrons. The Labute approximate surface area is 265 Å². The maximum Gasteiger partial charge on any atom is 0.239 e. The standard InChI is InChI=1S/C32H35Cl2FN4O5/c1-31(2,3)15-25-32(29-23(39-30(32)42)12-17(33)16-36-29)27(19-6-5-7-20(34)28(19)35)22(37-25)14-26(41)38-21-9-8-18(44-11-10-40)13-24(21)43-4/h5-9,12-13,16,22,25,27,37,40H,10-11,14-15H2,1-4H3,(H,38,41)(H,39,42). The molecule has 5 rings (SSSR count). The van der Waals surface area contributed by atoms with Gasteiger partial charge in [-0.2, -0.15) is 0 Å². The number of ether oxygens (including phenoxy) is 2. The molecule has 3 aromatic rings. The van der Waals surface area contributed by atoms with Crippen LogP contribution in [-0.2, 0) is 15.0 Å². The number of carbonyl (C=O) groups excluding carboxylic acids is 2. The fourth-order valence-corrected chi connectivity index (χ4v) is 6.83. The molecule has 4 unspecified atom stereocenters. The number of amides is 2. The third kappa shape index (κ3) is 5.96. The molecule has 2 aliphatic rings. The number of aromatic nitrogens is 1. The molecule has 12 heteroatoms. The molecule has 1 aromatic heterocycles. The minimum absolute atomic E-state index is 0.0870. The topological polar surface area (TPSA) is 122 Å². The smallest absolute Gasteiger partial charge is 0.239 e. The van der Waals surface area contributed by atoms with E-state index in [1.165, 1.54) is 19.4 Å². The Hall–Kier alpha value is -3.44. The van der Waals surface area contributed by atoms with Gasteiger partial charge in [-0.25, -0.2) is 4.39 Å². The number of anilines is 2. The average Bonchev–Trinajstić information content (AvgIpc) is 3.41. The van der Waals surface area contributed by atoms with Crippen LogP contribution in [0.15, 0.2) is 48.7 Å². The Kier molecular flexibility index (Phi) is 9.09. The molecule has 4 N–H and O–H groups in total. The molecule has 2 aliphatic heterocycles. The minimum atomic E-state index is -1.37. The average molecular weight is 646 g/mol. The number of nitrogens with zero attached hydrogens (tertiary/aromatic N) is 1. The van der Waals surface area contributed by atoms with Crippen LogP contribution in [0.2, 0.25) is 10.0 Å². The number of hydrogen-bond acceptors (Lipinski definition) is 7. The van der Waals surface area contributed by atoms with E-state index in [1.54, 1.807) is 36.4 Å². The van der Waals surface area contributed by atoms with Crippen molar-refractivity contribution in [3.05, 3.63) is 75.8 Å². The third-order valence-electron chi connectivity index (χ3n) is 8.07. The summed E-state index contributed by atoms with van der Waals surface area (Å²) < 4.78 is 26.8. The molecular formula is C32H35Cl2FN4O5. The van der Waals surface area contributed by atoms with Crippen molar-refractivity contribution in [1.82, 2.24) is 10.3 Å². The summed E-state index contributed by atoms with van der Waals surface area (Å²) in [6, 6.07) is 10.0. The first-order valence-corrected chi connectivity index (χ1v) is 15.0. The van der Waals surface area contributed by atoms with E-state index < -0.39 is 29.2 Å². The molecule has 4 atom stereocenters. The number of hydrogen-bond donors (Lipinski definition) is 4. The molecule has 2 aromatic carbocycles. The number of fused-ring (bicyclic) bond motifs is 2. The summed E-state index contributed by atoms with van der Waals surface area (Å²) in [6.07, 6.45) is 1.88. The molecule has 3 heterocycles. The van der Waals surface area contributed by atoms with Crippen LogP contribution >= 0.6 is 23.2 Å². The lowest BCUT2D eigenvalue weighted by molar-refractivity contribution is -0.122. The first-order valence-electron chi connectivity index (χ1n) is 14.3. The van der Waals surface area contributed by atoms with Gasteiger partial charge >= 0.3 is 0 Å². The van der Waals surface area contributed by atoms with Crippen molar-refractivity contribution in [3.63, 3.8) is 0 Å². The van der Waals surface area contributed by atoms with Gasteiger partial charge in [0.05, 0.1) is 40.8 Å². The fraction of sp³-hybridized carbons (Fsp3) is 0.406. The number of halogens is 3. The lowest BCUT2D eigenvalue weighted by atomic mass is 9.63. The van der Waals surface area contributed by atoms with Gasteiger partial charge in [-0.1, -0.05) is 56.1 Å². The van der Waals surface area contributed by atoms with Gasteiger partial charge in [0, 0.05) is 36.7 Å². The maximum atomic E-state index is 15.9. The van der Waals surface area contributed by atoms with Crippen molar-refractivity contribution in [2.45, 2.75) is 57.0 Å². The quantitative estimate of drug-likeness (QED) is 0.236. The highest BCUT2D eigenvalue weighted by Gasteiger charge is 2.66. The lowest BCUT2D eigenvalue weighted by Gasteiger charge is -2.37. The van der Waals surface area contributed by atoms with Crippen molar-refractivity contribution >= 4 is 46.4 Å². The normalized spacial score (nSPS) is 22.5. The van der Waals surface area contributed by atoms with Crippen molar-refractivity contribution in [1.29, 1.82) is 0 Å². The van der Waals surface area contributed by atoms with E-state index in [0.29, 0.717) is 40.0 Å². The first-order chi connectivity index (χ1) is 20.9. The van der Waals surface area contributed by atoms with Crippen LogP contribution in [0.3, 0.4) is 0 Å². The van der Waals surface area contributed by atoms with Gasteiger partial charge in [-0.15, -0.1) is 0 Å². The number of nitrogens with one attached hydrogen (secondary N) is 3. The Morgan fingerprint density at radius 3 is 2.68 bits per heavy atom. The Morgan fingerprint density at radius 1 is 1.20 bits per heavy atom. The fourth-order valence-electron chi connectivity index (χ4n) is 6.49. The molecule has 2 amide bonds. The number of methoxy groups -OCH3 is 1. The van der Waals surface area contributed by atoms with Crippen molar-refractivity contribution < 1.29 is 28.6 Å². The number of carbonyl (C=O) groups is 2. The van der Waals surface area contributed by atoms with E-state index in [0.717, 1.165) is 0 Å². The molecule has 0 saturated carbocycles. The Morgan fingerprint density at radius 2 is 1.98 bits per heavy atom. The van der Waals surface area contributed by atoms with Crippen molar-refractivity contribution in [2.75, 3.05) is 31.0 Å². The molecule has 9 nitrogen and oxygen atoms in total. The zero-order valence-electron chi connectivity index (χ0n) is 24.8. The van der Waals surface area contributed by atoms with E-state index in [1.807, 2.05) is 0 Å². The number of aliphatic hydroxyl groups is 1. The molecule has 1 fully saturated rings. The number of rotatable bonds is 9. The van der Waals surface area contributed by atoms with E-state index in [-0.39, 0.29) is 47.5 Å². The van der Waals surface area contributed by atoms with Gasteiger partial charge in [-0.3, -0.25) is 14.6 Å². The van der Waals surface area contributed by atoms with Gasteiger partial charge < -0.3 is 30.5 Å². The van der Waals surface area contributed by atoms with Gasteiger partial charge in [0.1, 0.15) is 29.3 Å². The largest absolute Gasteiger partial charge is 0.494 e. The molecule has 0 bridgehead atoms. The van der Waals surface area contributed by atoms with Crippen LogP contribution in [0.5, 0.6) is 11.5 Å². The van der Waals surface area contributed by atoms with Gasteiger partial charge in [0.15, 0.2) is 0 Å². The van der Waals surface area contributed by atoms with Crippen LogP contribution in [0.1, 0.15) is 50.8 Å². The molecule has 44 heavy (non-hydrogen) atoms. The monoisotopic (exact) mass is 644 g/mol. The Balaban J connectivity index is 1.58. The lowest BCUT2D eigenvalue weighted by Crippen LogP contribution is -2.50.